The Kier molecular flexibility index (Phi) is 4.26. The highest BCUT2D eigenvalue weighted by Crippen LogP contribution is 2.16. The summed E-state index contributed by atoms with van der Waals surface area (Å²) in [5.41, 5.74) is 1.73. The predicted octanol–water partition coefficient (Wildman–Crippen LogP) is 2.33. The zero-order valence-electron chi connectivity index (χ0n) is 9.91. The molecule has 0 amide bonds. The van der Waals surface area contributed by atoms with Gasteiger partial charge in [0.2, 0.25) is 0 Å². The molecule has 0 aliphatic carbocycles. The minimum absolute atomic E-state index is 0.286. The Hall–Kier alpha value is -2.41. The molecule has 0 fully saturated rings. The summed E-state index contributed by atoms with van der Waals surface area (Å²) in [6.07, 6.45) is 8.25. The van der Waals surface area contributed by atoms with Gasteiger partial charge in [0.25, 0.3) is 0 Å². The number of hydrogen-bond acceptors (Lipinski definition) is 4. The predicted molar refractivity (Wildman–Crippen MR) is 68.8 cm³/mol. The molecule has 4 heteroatoms. The molecular formula is C14H13N3O. The van der Waals surface area contributed by atoms with E-state index in [4.69, 9.17) is 11.2 Å². The van der Waals surface area contributed by atoms with Crippen LogP contribution < -0.4 is 4.74 Å². The monoisotopic (exact) mass is 239 g/mol. The van der Waals surface area contributed by atoms with Crippen molar-refractivity contribution in [3.05, 3.63) is 36.5 Å². The van der Waals surface area contributed by atoms with Crippen molar-refractivity contribution < 1.29 is 4.74 Å². The van der Waals surface area contributed by atoms with Crippen molar-refractivity contribution in [3.63, 3.8) is 0 Å². The van der Waals surface area contributed by atoms with Crippen LogP contribution in [0.25, 0.3) is 11.3 Å². The van der Waals surface area contributed by atoms with E-state index in [1.54, 1.807) is 6.20 Å². The first-order chi connectivity index (χ1) is 8.90. The molecule has 18 heavy (non-hydrogen) atoms. The SMILES string of the molecule is C#CCCCOc1nncc(-c2ccccc2)n1. The average molecular weight is 239 g/mol. The third-order valence-electron chi connectivity index (χ3n) is 2.31. The molecule has 1 aromatic heterocycles. The van der Waals surface area contributed by atoms with Crippen LogP contribution in [0.4, 0.5) is 0 Å². The molecule has 4 nitrogen and oxygen atoms in total. The van der Waals surface area contributed by atoms with Crippen LogP contribution in [-0.4, -0.2) is 21.8 Å². The number of benzene rings is 1. The van der Waals surface area contributed by atoms with Gasteiger partial charge in [-0.3, -0.25) is 0 Å². The molecule has 0 saturated heterocycles. The summed E-state index contributed by atoms with van der Waals surface area (Å²) in [5.74, 6) is 2.55. The van der Waals surface area contributed by atoms with Crippen LogP contribution >= 0.6 is 0 Å². The van der Waals surface area contributed by atoms with Crippen LogP contribution in [0.15, 0.2) is 36.5 Å². The highest BCUT2D eigenvalue weighted by Gasteiger charge is 2.03. The van der Waals surface area contributed by atoms with Crippen LogP contribution in [0.1, 0.15) is 12.8 Å². The van der Waals surface area contributed by atoms with Gasteiger partial charge in [0.05, 0.1) is 18.5 Å². The average Bonchev–Trinajstić information content (AvgIpc) is 2.45. The summed E-state index contributed by atoms with van der Waals surface area (Å²) in [7, 11) is 0. The Bertz CT molecular complexity index is 534. The van der Waals surface area contributed by atoms with Gasteiger partial charge in [-0.1, -0.05) is 35.4 Å². The standard InChI is InChI=1S/C14H13N3O/c1-2-3-7-10-18-14-16-13(11-15-17-14)12-8-5-4-6-9-12/h1,4-6,8-9,11H,3,7,10H2. The zero-order chi connectivity index (χ0) is 12.6. The maximum absolute atomic E-state index is 5.39. The Balaban J connectivity index is 2.04. The molecule has 0 atom stereocenters. The molecule has 1 aromatic carbocycles. The van der Waals surface area contributed by atoms with Crippen molar-refractivity contribution in [1.82, 2.24) is 15.2 Å². The minimum Gasteiger partial charge on any atom is -0.462 e. The Morgan fingerprint density at radius 2 is 2.06 bits per heavy atom. The molecule has 0 radical (unpaired) electrons. The van der Waals surface area contributed by atoms with E-state index in [1.807, 2.05) is 30.3 Å². The molecule has 0 N–H and O–H groups in total. The topological polar surface area (TPSA) is 47.9 Å². The van der Waals surface area contributed by atoms with E-state index >= 15 is 0 Å². The quantitative estimate of drug-likeness (QED) is 0.593. The normalized spacial score (nSPS) is 9.72. The van der Waals surface area contributed by atoms with Gasteiger partial charge in [-0.05, 0) is 6.42 Å². The Morgan fingerprint density at radius 3 is 2.83 bits per heavy atom. The van der Waals surface area contributed by atoms with Crippen LogP contribution in [0.3, 0.4) is 0 Å². The fourth-order valence-corrected chi connectivity index (χ4v) is 1.43. The molecule has 2 aromatic rings. The number of terminal acetylenes is 1. The molecule has 0 aliphatic rings. The molecule has 1 heterocycles. The van der Waals surface area contributed by atoms with E-state index in [1.165, 1.54) is 0 Å². The first-order valence-electron chi connectivity index (χ1n) is 5.71. The van der Waals surface area contributed by atoms with Gasteiger partial charge in [-0.2, -0.15) is 10.1 Å². The molecule has 90 valence electrons. The Morgan fingerprint density at radius 1 is 1.22 bits per heavy atom. The maximum Gasteiger partial charge on any atom is 0.336 e. The van der Waals surface area contributed by atoms with E-state index in [0.29, 0.717) is 13.0 Å². The van der Waals surface area contributed by atoms with Crippen molar-refractivity contribution in [3.8, 4) is 29.6 Å². The lowest BCUT2D eigenvalue weighted by Crippen LogP contribution is -2.02. The van der Waals surface area contributed by atoms with Gasteiger partial charge in [0.1, 0.15) is 0 Å². The summed E-state index contributed by atoms with van der Waals surface area (Å²) >= 11 is 0. The van der Waals surface area contributed by atoms with Crippen molar-refractivity contribution >= 4 is 0 Å². The molecule has 0 saturated carbocycles. The van der Waals surface area contributed by atoms with Crippen molar-refractivity contribution in [2.45, 2.75) is 12.8 Å². The highest BCUT2D eigenvalue weighted by molar-refractivity contribution is 5.57. The summed E-state index contributed by atoms with van der Waals surface area (Å²) in [4.78, 5) is 4.29. The van der Waals surface area contributed by atoms with E-state index in [-0.39, 0.29) is 6.01 Å². The lowest BCUT2D eigenvalue weighted by molar-refractivity contribution is 0.284. The smallest absolute Gasteiger partial charge is 0.336 e. The third-order valence-corrected chi connectivity index (χ3v) is 2.31. The lowest BCUT2D eigenvalue weighted by Gasteiger charge is -2.04. The zero-order valence-corrected chi connectivity index (χ0v) is 9.91. The molecule has 0 unspecified atom stereocenters. The van der Waals surface area contributed by atoms with Crippen molar-refractivity contribution in [2.24, 2.45) is 0 Å². The van der Waals surface area contributed by atoms with E-state index in [9.17, 15) is 0 Å². The van der Waals surface area contributed by atoms with Gasteiger partial charge in [0.15, 0.2) is 0 Å². The highest BCUT2D eigenvalue weighted by atomic mass is 16.5. The van der Waals surface area contributed by atoms with Gasteiger partial charge < -0.3 is 4.74 Å². The largest absolute Gasteiger partial charge is 0.462 e. The number of hydrogen-bond donors (Lipinski definition) is 0. The fraction of sp³-hybridized carbons (Fsp3) is 0.214. The first-order valence-corrected chi connectivity index (χ1v) is 5.71. The summed E-state index contributed by atoms with van der Waals surface area (Å²) in [5, 5.41) is 7.71. The number of aromatic nitrogens is 3. The van der Waals surface area contributed by atoms with E-state index in [2.05, 4.69) is 21.1 Å². The fourth-order valence-electron chi connectivity index (χ4n) is 1.43. The lowest BCUT2D eigenvalue weighted by atomic mass is 10.2. The van der Waals surface area contributed by atoms with Gasteiger partial charge in [-0.25, -0.2) is 0 Å². The summed E-state index contributed by atoms with van der Waals surface area (Å²) in [6, 6.07) is 10.1. The van der Waals surface area contributed by atoms with Crippen molar-refractivity contribution in [2.75, 3.05) is 6.61 Å². The first kappa shape index (κ1) is 12.1. The van der Waals surface area contributed by atoms with Crippen LogP contribution in [0.2, 0.25) is 0 Å². The molecule has 0 bridgehead atoms. The summed E-state index contributed by atoms with van der Waals surface area (Å²) in [6.45, 7) is 0.504. The third kappa shape index (κ3) is 3.29. The van der Waals surface area contributed by atoms with E-state index in [0.717, 1.165) is 17.7 Å². The second kappa shape index (κ2) is 6.36. The molecule has 2 rings (SSSR count). The number of nitrogens with zero attached hydrogens (tertiary/aromatic N) is 3. The van der Waals surface area contributed by atoms with E-state index < -0.39 is 0 Å². The number of unbranched alkanes of at least 4 members (excludes halogenated alkanes) is 1. The minimum atomic E-state index is 0.286. The maximum atomic E-state index is 5.39. The van der Waals surface area contributed by atoms with Crippen LogP contribution in [0.5, 0.6) is 6.01 Å². The summed E-state index contributed by atoms with van der Waals surface area (Å²) < 4.78 is 5.39. The molecular weight excluding hydrogens is 226 g/mol. The molecule has 0 aliphatic heterocycles. The van der Waals surface area contributed by atoms with Gasteiger partial charge in [0, 0.05) is 12.0 Å². The second-order valence-corrected chi connectivity index (χ2v) is 3.65. The number of ether oxygens (including phenoxy) is 1. The second-order valence-electron chi connectivity index (χ2n) is 3.65. The van der Waals surface area contributed by atoms with Crippen LogP contribution in [-0.2, 0) is 0 Å². The van der Waals surface area contributed by atoms with Gasteiger partial charge in [-0.15, -0.1) is 12.3 Å². The van der Waals surface area contributed by atoms with Crippen LogP contribution in [0, 0.1) is 12.3 Å². The van der Waals surface area contributed by atoms with Crippen molar-refractivity contribution in [1.29, 1.82) is 0 Å². The Labute approximate surface area is 106 Å². The molecule has 0 spiro atoms. The number of rotatable bonds is 5. The van der Waals surface area contributed by atoms with Gasteiger partial charge >= 0.3 is 6.01 Å².